The number of nitrogens with one attached hydrogen (secondary N) is 2. The first-order valence-electron chi connectivity index (χ1n) is 11.6. The molecule has 1 aliphatic rings. The number of hydrogen-bond acceptors (Lipinski definition) is 4. The number of halogens is 1. The monoisotopic (exact) mass is 545 g/mol. The van der Waals surface area contributed by atoms with Gasteiger partial charge in [0.25, 0.3) is 0 Å². The van der Waals surface area contributed by atoms with E-state index in [4.69, 9.17) is 4.74 Å². The normalized spacial score (nSPS) is 15.6. The Balaban J connectivity index is 0.00000480. The Labute approximate surface area is 207 Å². The quantitative estimate of drug-likeness (QED) is 0.169. The summed E-state index contributed by atoms with van der Waals surface area (Å²) < 4.78 is 5.65. The molecule has 2 N–H and O–H groups in total. The smallest absolute Gasteiger partial charge is 0.191 e. The van der Waals surface area contributed by atoms with Crippen LogP contribution in [0, 0.1) is 0 Å². The van der Waals surface area contributed by atoms with Crippen molar-refractivity contribution in [3.8, 4) is 5.75 Å². The standard InChI is InChI=1S/C24H43N5O.HI/c1-25-24(26-16-10-6-5-7-11-17-28(2)3)27-20-22(29-18-12-13-19-29)21-14-8-9-15-23(21)30-4;/h8-9,14-15,22H,5-7,10-13,16-20H2,1-4H3,(H2,25,26,27);1H. The van der Waals surface area contributed by atoms with Gasteiger partial charge in [0.1, 0.15) is 5.75 Å². The summed E-state index contributed by atoms with van der Waals surface area (Å²) in [6.07, 6.45) is 8.93. The van der Waals surface area contributed by atoms with Gasteiger partial charge in [-0.3, -0.25) is 9.89 Å². The third kappa shape index (κ3) is 10.4. The molecule has 1 unspecified atom stereocenters. The molecule has 1 fully saturated rings. The van der Waals surface area contributed by atoms with Gasteiger partial charge in [0.2, 0.25) is 0 Å². The van der Waals surface area contributed by atoms with Crippen LogP contribution in [0.1, 0.15) is 56.6 Å². The number of unbranched alkanes of at least 4 members (excludes halogenated alkanes) is 4. The number of nitrogens with zero attached hydrogens (tertiary/aromatic N) is 3. The van der Waals surface area contributed by atoms with Crippen LogP contribution in [-0.4, -0.2) is 76.7 Å². The number of rotatable bonds is 13. The van der Waals surface area contributed by atoms with Gasteiger partial charge < -0.3 is 20.3 Å². The minimum Gasteiger partial charge on any atom is -0.496 e. The highest BCUT2D eigenvalue weighted by atomic mass is 127. The van der Waals surface area contributed by atoms with E-state index in [-0.39, 0.29) is 24.0 Å². The highest BCUT2D eigenvalue weighted by Gasteiger charge is 2.25. The van der Waals surface area contributed by atoms with E-state index in [0.717, 1.165) is 37.9 Å². The third-order valence-electron chi connectivity index (χ3n) is 5.84. The summed E-state index contributed by atoms with van der Waals surface area (Å²) in [5, 5.41) is 7.04. The molecule has 1 aliphatic heterocycles. The van der Waals surface area contributed by atoms with Crippen LogP contribution in [0.5, 0.6) is 5.75 Å². The first kappa shape index (κ1) is 28.0. The molecule has 0 saturated carbocycles. The second-order valence-corrected chi connectivity index (χ2v) is 8.45. The molecule has 0 aromatic heterocycles. The van der Waals surface area contributed by atoms with E-state index in [9.17, 15) is 0 Å². The predicted octanol–water partition coefficient (Wildman–Crippen LogP) is 4.13. The number of hydrogen-bond donors (Lipinski definition) is 2. The molecule has 0 aliphatic carbocycles. The Hall–Kier alpha value is -1.06. The highest BCUT2D eigenvalue weighted by Crippen LogP contribution is 2.31. The maximum atomic E-state index is 5.65. The fourth-order valence-electron chi connectivity index (χ4n) is 4.13. The third-order valence-corrected chi connectivity index (χ3v) is 5.84. The van der Waals surface area contributed by atoms with Crippen LogP contribution in [0.4, 0.5) is 0 Å². The van der Waals surface area contributed by atoms with E-state index < -0.39 is 0 Å². The van der Waals surface area contributed by atoms with E-state index >= 15 is 0 Å². The van der Waals surface area contributed by atoms with Gasteiger partial charge >= 0.3 is 0 Å². The van der Waals surface area contributed by atoms with Crippen LogP contribution >= 0.6 is 24.0 Å². The molecule has 0 bridgehead atoms. The van der Waals surface area contributed by atoms with E-state index in [1.807, 2.05) is 13.1 Å². The number of aliphatic imine (C=N–C) groups is 1. The fourth-order valence-corrected chi connectivity index (χ4v) is 4.13. The van der Waals surface area contributed by atoms with Gasteiger partial charge in [0.05, 0.1) is 13.2 Å². The summed E-state index contributed by atoms with van der Waals surface area (Å²) in [6, 6.07) is 8.68. The van der Waals surface area contributed by atoms with Crippen LogP contribution in [0.2, 0.25) is 0 Å². The zero-order chi connectivity index (χ0) is 21.6. The lowest BCUT2D eigenvalue weighted by Crippen LogP contribution is -2.43. The molecular weight excluding hydrogens is 501 g/mol. The number of benzene rings is 1. The molecule has 1 heterocycles. The number of para-hydroxylation sites is 1. The number of ether oxygens (including phenoxy) is 1. The molecule has 0 amide bonds. The zero-order valence-electron chi connectivity index (χ0n) is 20.0. The second-order valence-electron chi connectivity index (χ2n) is 8.45. The van der Waals surface area contributed by atoms with Gasteiger partial charge in [-0.15, -0.1) is 24.0 Å². The van der Waals surface area contributed by atoms with Crippen LogP contribution in [-0.2, 0) is 0 Å². The van der Waals surface area contributed by atoms with Crippen molar-refractivity contribution in [3.05, 3.63) is 29.8 Å². The number of likely N-dealkylation sites (tertiary alicyclic amines) is 1. The molecule has 0 radical (unpaired) electrons. The maximum Gasteiger partial charge on any atom is 0.191 e. The SMILES string of the molecule is CN=C(NCCCCCCCN(C)C)NCC(c1ccccc1OC)N1CCCC1.I. The fraction of sp³-hybridized carbons (Fsp3) is 0.708. The molecule has 178 valence electrons. The topological polar surface area (TPSA) is 52.1 Å². The summed E-state index contributed by atoms with van der Waals surface area (Å²) in [4.78, 5) is 9.25. The minimum absolute atomic E-state index is 0. The average molecular weight is 546 g/mol. The van der Waals surface area contributed by atoms with Crippen LogP contribution in [0.3, 0.4) is 0 Å². The van der Waals surface area contributed by atoms with Crippen molar-refractivity contribution in [2.75, 3.05) is 61.0 Å². The average Bonchev–Trinajstić information content (AvgIpc) is 3.29. The van der Waals surface area contributed by atoms with Crippen LogP contribution < -0.4 is 15.4 Å². The van der Waals surface area contributed by atoms with Crippen molar-refractivity contribution in [3.63, 3.8) is 0 Å². The summed E-state index contributed by atoms with van der Waals surface area (Å²) in [6.45, 7) is 5.27. The Morgan fingerprint density at radius 3 is 2.42 bits per heavy atom. The van der Waals surface area contributed by atoms with E-state index in [2.05, 4.69) is 57.7 Å². The Kier molecular flexibility index (Phi) is 14.9. The van der Waals surface area contributed by atoms with Crippen molar-refractivity contribution in [1.82, 2.24) is 20.4 Å². The number of guanidine groups is 1. The molecule has 1 aromatic carbocycles. The van der Waals surface area contributed by atoms with Crippen molar-refractivity contribution in [1.29, 1.82) is 0 Å². The lowest BCUT2D eigenvalue weighted by atomic mass is 10.0. The van der Waals surface area contributed by atoms with Crippen molar-refractivity contribution < 1.29 is 4.74 Å². The second kappa shape index (κ2) is 16.6. The first-order chi connectivity index (χ1) is 14.7. The molecule has 1 aromatic rings. The molecular formula is C24H44IN5O. The molecule has 1 atom stereocenters. The van der Waals surface area contributed by atoms with Crippen molar-refractivity contribution >= 4 is 29.9 Å². The van der Waals surface area contributed by atoms with E-state index in [1.165, 1.54) is 57.1 Å². The Bertz CT molecular complexity index is 620. The van der Waals surface area contributed by atoms with Crippen molar-refractivity contribution in [2.24, 2.45) is 4.99 Å². The van der Waals surface area contributed by atoms with E-state index in [1.54, 1.807) is 7.11 Å². The van der Waals surface area contributed by atoms with Crippen LogP contribution in [0.15, 0.2) is 29.3 Å². The molecule has 7 heteroatoms. The summed E-state index contributed by atoms with van der Waals surface area (Å²) in [5.41, 5.74) is 1.25. The molecule has 0 spiro atoms. The lowest BCUT2D eigenvalue weighted by molar-refractivity contribution is 0.239. The predicted molar refractivity (Wildman–Crippen MR) is 143 cm³/mol. The molecule has 31 heavy (non-hydrogen) atoms. The summed E-state index contributed by atoms with van der Waals surface area (Å²) in [7, 11) is 7.90. The minimum atomic E-state index is 0. The van der Waals surface area contributed by atoms with Crippen molar-refractivity contribution in [2.45, 2.75) is 51.0 Å². The van der Waals surface area contributed by atoms with Gasteiger partial charge in [-0.1, -0.05) is 37.5 Å². The van der Waals surface area contributed by atoms with E-state index in [0.29, 0.717) is 6.04 Å². The summed E-state index contributed by atoms with van der Waals surface area (Å²) >= 11 is 0. The summed E-state index contributed by atoms with van der Waals surface area (Å²) in [5.74, 6) is 1.86. The van der Waals surface area contributed by atoms with Crippen LogP contribution in [0.25, 0.3) is 0 Å². The van der Waals surface area contributed by atoms with Gasteiger partial charge in [-0.05, 0) is 65.5 Å². The molecule has 6 nitrogen and oxygen atoms in total. The highest BCUT2D eigenvalue weighted by molar-refractivity contribution is 14.0. The Morgan fingerprint density at radius 2 is 1.74 bits per heavy atom. The van der Waals surface area contributed by atoms with Gasteiger partial charge in [-0.25, -0.2) is 0 Å². The zero-order valence-corrected chi connectivity index (χ0v) is 22.4. The van der Waals surface area contributed by atoms with Gasteiger partial charge in [0.15, 0.2) is 5.96 Å². The Morgan fingerprint density at radius 1 is 1.06 bits per heavy atom. The molecule has 1 saturated heterocycles. The largest absolute Gasteiger partial charge is 0.496 e. The lowest BCUT2D eigenvalue weighted by Gasteiger charge is -2.30. The first-order valence-corrected chi connectivity index (χ1v) is 11.6. The molecule has 2 rings (SSSR count). The maximum absolute atomic E-state index is 5.65. The van der Waals surface area contributed by atoms with Gasteiger partial charge in [-0.2, -0.15) is 0 Å². The number of methoxy groups -OCH3 is 1. The van der Waals surface area contributed by atoms with Gasteiger partial charge in [0, 0.05) is 25.7 Å².